The number of anilines is 1. The van der Waals surface area contributed by atoms with Crippen molar-refractivity contribution in [2.24, 2.45) is 0 Å². The van der Waals surface area contributed by atoms with Gasteiger partial charge in [-0.15, -0.1) is 0 Å². The molecule has 5 heteroatoms. The third kappa shape index (κ3) is 6.66. The summed E-state index contributed by atoms with van der Waals surface area (Å²) in [7, 11) is 0. The molecular formula is C16H23N3O2. The molecule has 1 aromatic rings. The molecule has 0 spiro atoms. The zero-order chi connectivity index (χ0) is 15.9. The van der Waals surface area contributed by atoms with E-state index in [2.05, 4.69) is 16.7 Å². The molecule has 1 amide bonds. The monoisotopic (exact) mass is 289 g/mol. The first kappa shape index (κ1) is 16.8. The molecule has 1 aromatic carbocycles. The van der Waals surface area contributed by atoms with Crippen molar-refractivity contribution in [3.63, 3.8) is 0 Å². The van der Waals surface area contributed by atoms with Crippen LogP contribution in [0.15, 0.2) is 18.2 Å². The highest BCUT2D eigenvalue weighted by atomic mass is 16.6. The standard InChI is InChI=1S/C16H23N3O2/c1-12-6-7-13(11-17)14(10-12)18-8-5-9-19-15(20)21-16(2,3)4/h6-7,10,18H,5,8-9H2,1-4H3,(H,19,20). The molecule has 0 unspecified atom stereocenters. The van der Waals surface area contributed by atoms with E-state index in [0.717, 1.165) is 17.7 Å². The van der Waals surface area contributed by atoms with Crippen molar-refractivity contribution in [2.75, 3.05) is 18.4 Å². The Morgan fingerprint density at radius 2 is 2.05 bits per heavy atom. The van der Waals surface area contributed by atoms with Crippen LogP contribution in [0.25, 0.3) is 0 Å². The minimum atomic E-state index is -0.481. The Balaban J connectivity index is 2.31. The van der Waals surface area contributed by atoms with Crippen LogP contribution < -0.4 is 10.6 Å². The van der Waals surface area contributed by atoms with Crippen molar-refractivity contribution in [3.8, 4) is 6.07 Å². The van der Waals surface area contributed by atoms with Gasteiger partial charge in [0.2, 0.25) is 0 Å². The van der Waals surface area contributed by atoms with Crippen LogP contribution in [0.1, 0.15) is 38.3 Å². The lowest BCUT2D eigenvalue weighted by molar-refractivity contribution is 0.0528. The molecule has 0 fully saturated rings. The molecule has 21 heavy (non-hydrogen) atoms. The van der Waals surface area contributed by atoms with Gasteiger partial charge < -0.3 is 15.4 Å². The van der Waals surface area contributed by atoms with Gasteiger partial charge in [-0.2, -0.15) is 5.26 Å². The van der Waals surface area contributed by atoms with Gasteiger partial charge in [-0.25, -0.2) is 4.79 Å². The first-order valence-electron chi connectivity index (χ1n) is 7.03. The van der Waals surface area contributed by atoms with E-state index in [-0.39, 0.29) is 0 Å². The van der Waals surface area contributed by atoms with Crippen molar-refractivity contribution in [1.82, 2.24) is 5.32 Å². The Kier molecular flexibility index (Phi) is 6.04. The summed E-state index contributed by atoms with van der Waals surface area (Å²) in [4.78, 5) is 11.4. The van der Waals surface area contributed by atoms with Crippen LogP contribution in [0, 0.1) is 18.3 Å². The van der Waals surface area contributed by atoms with Gasteiger partial charge in [0.15, 0.2) is 0 Å². The van der Waals surface area contributed by atoms with Crippen molar-refractivity contribution < 1.29 is 9.53 Å². The number of amides is 1. The van der Waals surface area contributed by atoms with Crippen molar-refractivity contribution in [3.05, 3.63) is 29.3 Å². The van der Waals surface area contributed by atoms with Crippen LogP contribution in [0.4, 0.5) is 10.5 Å². The number of aryl methyl sites for hydroxylation is 1. The predicted molar refractivity (Wildman–Crippen MR) is 83.2 cm³/mol. The maximum Gasteiger partial charge on any atom is 0.407 e. The number of hydrogen-bond donors (Lipinski definition) is 2. The first-order chi connectivity index (χ1) is 9.81. The second-order valence-corrected chi connectivity index (χ2v) is 5.87. The highest BCUT2D eigenvalue weighted by Crippen LogP contribution is 2.16. The van der Waals surface area contributed by atoms with E-state index >= 15 is 0 Å². The van der Waals surface area contributed by atoms with Gasteiger partial charge in [0.1, 0.15) is 11.7 Å². The minimum Gasteiger partial charge on any atom is -0.444 e. The fourth-order valence-electron chi connectivity index (χ4n) is 1.72. The van der Waals surface area contributed by atoms with E-state index in [1.54, 1.807) is 6.07 Å². The van der Waals surface area contributed by atoms with E-state index < -0.39 is 11.7 Å². The Morgan fingerprint density at radius 1 is 1.33 bits per heavy atom. The molecule has 0 aliphatic heterocycles. The molecule has 0 bridgehead atoms. The number of nitrogens with one attached hydrogen (secondary N) is 2. The maximum absolute atomic E-state index is 11.4. The van der Waals surface area contributed by atoms with Crippen LogP contribution in [0.5, 0.6) is 0 Å². The number of alkyl carbamates (subject to hydrolysis) is 1. The van der Waals surface area contributed by atoms with Gasteiger partial charge in [-0.1, -0.05) is 6.07 Å². The number of hydrogen-bond acceptors (Lipinski definition) is 4. The summed E-state index contributed by atoms with van der Waals surface area (Å²) in [5, 5.41) is 14.9. The Labute approximate surface area is 126 Å². The number of ether oxygens (including phenoxy) is 1. The molecule has 0 saturated carbocycles. The van der Waals surface area contributed by atoms with Gasteiger partial charge in [0.25, 0.3) is 0 Å². The highest BCUT2D eigenvalue weighted by molar-refractivity contribution is 5.67. The molecule has 114 valence electrons. The molecule has 5 nitrogen and oxygen atoms in total. The Morgan fingerprint density at radius 3 is 2.67 bits per heavy atom. The smallest absolute Gasteiger partial charge is 0.407 e. The lowest BCUT2D eigenvalue weighted by atomic mass is 10.1. The van der Waals surface area contributed by atoms with E-state index in [0.29, 0.717) is 18.7 Å². The van der Waals surface area contributed by atoms with Gasteiger partial charge in [0.05, 0.1) is 11.3 Å². The zero-order valence-electron chi connectivity index (χ0n) is 13.1. The average Bonchev–Trinajstić information content (AvgIpc) is 2.36. The molecular weight excluding hydrogens is 266 g/mol. The zero-order valence-corrected chi connectivity index (χ0v) is 13.1. The summed E-state index contributed by atoms with van der Waals surface area (Å²) in [6.07, 6.45) is 0.341. The molecule has 0 aromatic heterocycles. The van der Waals surface area contributed by atoms with Crippen LogP contribution >= 0.6 is 0 Å². The fourth-order valence-corrected chi connectivity index (χ4v) is 1.72. The molecule has 0 atom stereocenters. The van der Waals surface area contributed by atoms with Crippen LogP contribution in [0.2, 0.25) is 0 Å². The van der Waals surface area contributed by atoms with Crippen molar-refractivity contribution in [2.45, 2.75) is 39.7 Å². The summed E-state index contributed by atoms with van der Waals surface area (Å²) < 4.78 is 5.14. The van der Waals surface area contributed by atoms with Crippen LogP contribution in [0.3, 0.4) is 0 Å². The van der Waals surface area contributed by atoms with E-state index in [1.165, 1.54) is 0 Å². The van der Waals surface area contributed by atoms with E-state index in [4.69, 9.17) is 10.00 Å². The molecule has 2 N–H and O–H groups in total. The summed E-state index contributed by atoms with van der Waals surface area (Å²) in [5.41, 5.74) is 2.07. The molecule has 0 aliphatic carbocycles. The largest absolute Gasteiger partial charge is 0.444 e. The lowest BCUT2D eigenvalue weighted by Gasteiger charge is -2.19. The fraction of sp³-hybridized carbons (Fsp3) is 0.500. The third-order valence-corrected chi connectivity index (χ3v) is 2.63. The molecule has 0 radical (unpaired) electrons. The van der Waals surface area contributed by atoms with E-state index in [1.807, 2.05) is 39.8 Å². The normalized spacial score (nSPS) is 10.6. The van der Waals surface area contributed by atoms with Crippen LogP contribution in [-0.2, 0) is 4.74 Å². The van der Waals surface area contributed by atoms with Gasteiger partial charge in [-0.05, 0) is 51.8 Å². The third-order valence-electron chi connectivity index (χ3n) is 2.63. The number of benzene rings is 1. The molecule has 0 heterocycles. The number of nitrogens with zero attached hydrogens (tertiary/aromatic N) is 1. The van der Waals surface area contributed by atoms with Gasteiger partial charge in [0, 0.05) is 13.1 Å². The quantitative estimate of drug-likeness (QED) is 0.816. The highest BCUT2D eigenvalue weighted by Gasteiger charge is 2.15. The van der Waals surface area contributed by atoms with Crippen molar-refractivity contribution >= 4 is 11.8 Å². The summed E-state index contributed by atoms with van der Waals surface area (Å²) in [6, 6.07) is 7.81. The second kappa shape index (κ2) is 7.53. The SMILES string of the molecule is Cc1ccc(C#N)c(NCCCNC(=O)OC(C)(C)C)c1. The van der Waals surface area contributed by atoms with E-state index in [9.17, 15) is 4.79 Å². The molecule has 1 rings (SSSR count). The first-order valence-corrected chi connectivity index (χ1v) is 7.03. The summed E-state index contributed by atoms with van der Waals surface area (Å²) in [5.74, 6) is 0. The molecule has 0 aliphatic rings. The topological polar surface area (TPSA) is 74.2 Å². The van der Waals surface area contributed by atoms with Crippen molar-refractivity contribution in [1.29, 1.82) is 5.26 Å². The van der Waals surface area contributed by atoms with Gasteiger partial charge >= 0.3 is 6.09 Å². The number of nitriles is 1. The second-order valence-electron chi connectivity index (χ2n) is 5.87. The predicted octanol–water partition coefficient (Wildman–Crippen LogP) is 3.19. The average molecular weight is 289 g/mol. The number of carbonyl (C=O) groups excluding carboxylic acids is 1. The van der Waals surface area contributed by atoms with Crippen LogP contribution in [-0.4, -0.2) is 24.8 Å². The lowest BCUT2D eigenvalue weighted by Crippen LogP contribution is -2.33. The Bertz CT molecular complexity index is 527. The molecule has 0 saturated heterocycles. The minimum absolute atomic E-state index is 0.407. The number of carbonyl (C=O) groups is 1. The van der Waals surface area contributed by atoms with Gasteiger partial charge in [-0.3, -0.25) is 0 Å². The Hall–Kier alpha value is -2.22. The summed E-state index contributed by atoms with van der Waals surface area (Å²) in [6.45, 7) is 8.67. The summed E-state index contributed by atoms with van der Waals surface area (Å²) >= 11 is 0. The maximum atomic E-state index is 11.4. The number of rotatable bonds is 5.